The lowest BCUT2D eigenvalue weighted by Crippen LogP contribution is -2.46. The normalized spacial score (nSPS) is 17.1. The average Bonchev–Trinajstić information content (AvgIpc) is 2.63. The molecule has 1 saturated heterocycles. The Labute approximate surface area is 159 Å². The lowest BCUT2D eigenvalue weighted by Gasteiger charge is -2.32. The molecule has 4 heteroatoms. The summed E-state index contributed by atoms with van der Waals surface area (Å²) in [5.41, 5.74) is 5.89. The highest BCUT2D eigenvalue weighted by molar-refractivity contribution is 5.95. The van der Waals surface area contributed by atoms with Gasteiger partial charge in [-0.3, -0.25) is 9.69 Å². The Morgan fingerprint density at radius 1 is 1.15 bits per heavy atom. The van der Waals surface area contributed by atoms with Crippen LogP contribution in [0.15, 0.2) is 23.8 Å². The number of piperazine rings is 1. The van der Waals surface area contributed by atoms with Crippen molar-refractivity contribution in [1.82, 2.24) is 15.1 Å². The van der Waals surface area contributed by atoms with Crippen molar-refractivity contribution in [2.75, 3.05) is 46.3 Å². The van der Waals surface area contributed by atoms with Crippen molar-refractivity contribution in [3.8, 4) is 0 Å². The number of nitrogens with one attached hydrogen (secondary N) is 1. The van der Waals surface area contributed by atoms with Gasteiger partial charge in [0.25, 0.3) is 5.91 Å². The Morgan fingerprint density at radius 2 is 1.85 bits per heavy atom. The van der Waals surface area contributed by atoms with Crippen molar-refractivity contribution >= 4 is 11.5 Å². The number of aryl methyl sites for hydroxylation is 1. The molecule has 1 N–H and O–H groups in total. The van der Waals surface area contributed by atoms with Gasteiger partial charge in [0, 0.05) is 44.8 Å². The fourth-order valence-electron chi connectivity index (χ4n) is 3.46. The summed E-state index contributed by atoms with van der Waals surface area (Å²) in [6, 6.07) is 6.05. The fourth-order valence-corrected chi connectivity index (χ4v) is 3.46. The maximum Gasteiger partial charge on any atom is 0.251 e. The van der Waals surface area contributed by atoms with Crippen LogP contribution in [0.5, 0.6) is 0 Å². The van der Waals surface area contributed by atoms with E-state index < -0.39 is 0 Å². The largest absolute Gasteiger partial charge is 0.351 e. The summed E-state index contributed by atoms with van der Waals surface area (Å²) < 4.78 is 0. The van der Waals surface area contributed by atoms with E-state index in [1.165, 1.54) is 22.3 Å². The van der Waals surface area contributed by atoms with Crippen molar-refractivity contribution < 1.29 is 4.79 Å². The highest BCUT2D eigenvalue weighted by atomic mass is 16.1. The molecule has 0 radical (unpaired) electrons. The maximum atomic E-state index is 12.6. The molecule has 0 saturated carbocycles. The zero-order chi connectivity index (χ0) is 19.1. The minimum atomic E-state index is 0.0290. The summed E-state index contributed by atoms with van der Waals surface area (Å²) in [5, 5.41) is 3.09. The van der Waals surface area contributed by atoms with E-state index in [0.29, 0.717) is 6.54 Å². The Kier molecular flexibility index (Phi) is 7.85. The molecule has 144 valence electrons. The third kappa shape index (κ3) is 5.68. The molecule has 1 aromatic rings. The Bertz CT molecular complexity index is 643. The fraction of sp³-hybridized carbons (Fsp3) is 0.591. The van der Waals surface area contributed by atoms with E-state index in [4.69, 9.17) is 0 Å². The highest BCUT2D eigenvalue weighted by Gasteiger charge is 2.14. The standard InChI is InChI=1S/C22H35N3O/c1-6-7-17(2)19(4)21-16-20(9-8-18(21)3)22(26)23-10-11-25-14-12-24(5)13-15-25/h8-9,16H,6-7,10-15H2,1-5H3,(H,23,26)/b19-17-. The third-order valence-electron chi connectivity index (χ3n) is 5.48. The molecule has 0 unspecified atom stereocenters. The van der Waals surface area contributed by atoms with E-state index in [-0.39, 0.29) is 5.91 Å². The van der Waals surface area contributed by atoms with Crippen LogP contribution in [-0.4, -0.2) is 62.0 Å². The quantitative estimate of drug-likeness (QED) is 0.810. The molecule has 1 aliphatic heterocycles. The van der Waals surface area contributed by atoms with Gasteiger partial charge >= 0.3 is 0 Å². The molecule has 2 rings (SSSR count). The summed E-state index contributed by atoms with van der Waals surface area (Å²) in [7, 11) is 2.16. The lowest BCUT2D eigenvalue weighted by atomic mass is 9.94. The smallest absolute Gasteiger partial charge is 0.251 e. The Balaban J connectivity index is 1.96. The molecular formula is C22H35N3O. The van der Waals surface area contributed by atoms with Crippen LogP contribution in [0.25, 0.3) is 5.57 Å². The van der Waals surface area contributed by atoms with Crippen LogP contribution in [0.4, 0.5) is 0 Å². The summed E-state index contributed by atoms with van der Waals surface area (Å²) in [6.45, 7) is 14.7. The number of carbonyl (C=O) groups is 1. The average molecular weight is 358 g/mol. The first-order chi connectivity index (χ1) is 12.4. The van der Waals surface area contributed by atoms with E-state index in [0.717, 1.165) is 51.1 Å². The zero-order valence-corrected chi connectivity index (χ0v) is 17.2. The molecular weight excluding hydrogens is 322 g/mol. The molecule has 1 aromatic carbocycles. The topological polar surface area (TPSA) is 35.6 Å². The molecule has 0 aliphatic carbocycles. The van der Waals surface area contributed by atoms with Gasteiger partial charge in [0.2, 0.25) is 0 Å². The predicted molar refractivity (Wildman–Crippen MR) is 111 cm³/mol. The summed E-state index contributed by atoms with van der Waals surface area (Å²) in [6.07, 6.45) is 2.25. The molecule has 0 atom stereocenters. The predicted octanol–water partition coefficient (Wildman–Crippen LogP) is 3.57. The second-order valence-electron chi connectivity index (χ2n) is 7.59. The van der Waals surface area contributed by atoms with Crippen molar-refractivity contribution in [3.05, 3.63) is 40.5 Å². The Morgan fingerprint density at radius 3 is 2.50 bits per heavy atom. The molecule has 4 nitrogen and oxygen atoms in total. The van der Waals surface area contributed by atoms with Crippen LogP contribution in [0.2, 0.25) is 0 Å². The van der Waals surface area contributed by atoms with Gasteiger partial charge in [0.1, 0.15) is 0 Å². The molecule has 0 spiro atoms. The maximum absolute atomic E-state index is 12.6. The second kappa shape index (κ2) is 9.89. The van der Waals surface area contributed by atoms with Gasteiger partial charge in [-0.1, -0.05) is 25.0 Å². The molecule has 1 amide bonds. The van der Waals surface area contributed by atoms with Crippen LogP contribution in [0.3, 0.4) is 0 Å². The number of hydrogen-bond acceptors (Lipinski definition) is 3. The van der Waals surface area contributed by atoms with Gasteiger partial charge in [-0.2, -0.15) is 0 Å². The van der Waals surface area contributed by atoms with E-state index in [1.54, 1.807) is 0 Å². The van der Waals surface area contributed by atoms with Gasteiger partial charge in [0.05, 0.1) is 0 Å². The van der Waals surface area contributed by atoms with Gasteiger partial charge in [-0.15, -0.1) is 0 Å². The number of benzene rings is 1. The van der Waals surface area contributed by atoms with Crippen LogP contribution >= 0.6 is 0 Å². The molecule has 1 heterocycles. The first-order valence-electron chi connectivity index (χ1n) is 9.88. The van der Waals surface area contributed by atoms with Gasteiger partial charge in [0.15, 0.2) is 0 Å². The Hall–Kier alpha value is -1.65. The molecule has 0 aromatic heterocycles. The molecule has 1 fully saturated rings. The zero-order valence-electron chi connectivity index (χ0n) is 17.2. The second-order valence-corrected chi connectivity index (χ2v) is 7.59. The van der Waals surface area contributed by atoms with Gasteiger partial charge in [-0.25, -0.2) is 0 Å². The van der Waals surface area contributed by atoms with Crippen LogP contribution in [0, 0.1) is 6.92 Å². The van der Waals surface area contributed by atoms with Gasteiger partial charge in [-0.05, 0) is 63.1 Å². The first-order valence-corrected chi connectivity index (χ1v) is 9.88. The number of rotatable bonds is 7. The van der Waals surface area contributed by atoms with Crippen molar-refractivity contribution in [1.29, 1.82) is 0 Å². The number of likely N-dealkylation sites (N-methyl/N-ethyl adjacent to an activating group) is 1. The third-order valence-corrected chi connectivity index (χ3v) is 5.48. The molecule has 0 bridgehead atoms. The minimum absolute atomic E-state index is 0.0290. The van der Waals surface area contributed by atoms with Crippen LogP contribution in [0.1, 0.15) is 55.1 Å². The number of amides is 1. The van der Waals surface area contributed by atoms with Crippen LogP contribution in [-0.2, 0) is 0 Å². The number of carbonyl (C=O) groups excluding carboxylic acids is 1. The van der Waals surface area contributed by atoms with E-state index in [9.17, 15) is 4.79 Å². The SMILES string of the molecule is CCC/C(C)=C(/C)c1cc(C(=O)NCCN2CCN(C)CC2)ccc1C. The van der Waals surface area contributed by atoms with Crippen molar-refractivity contribution in [2.45, 2.75) is 40.5 Å². The first kappa shape index (κ1) is 20.7. The summed E-state index contributed by atoms with van der Waals surface area (Å²) >= 11 is 0. The summed E-state index contributed by atoms with van der Waals surface area (Å²) in [4.78, 5) is 17.3. The van der Waals surface area contributed by atoms with Crippen LogP contribution < -0.4 is 5.32 Å². The van der Waals surface area contributed by atoms with Crippen molar-refractivity contribution in [2.24, 2.45) is 0 Å². The van der Waals surface area contributed by atoms with Crippen molar-refractivity contribution in [3.63, 3.8) is 0 Å². The highest BCUT2D eigenvalue weighted by Crippen LogP contribution is 2.25. The molecule has 26 heavy (non-hydrogen) atoms. The number of nitrogens with zero attached hydrogens (tertiary/aromatic N) is 2. The lowest BCUT2D eigenvalue weighted by molar-refractivity contribution is 0.0941. The monoisotopic (exact) mass is 357 g/mol. The summed E-state index contributed by atoms with van der Waals surface area (Å²) in [5.74, 6) is 0.0290. The molecule has 1 aliphatic rings. The van der Waals surface area contributed by atoms with Gasteiger partial charge < -0.3 is 10.2 Å². The number of allylic oxidation sites excluding steroid dienone is 2. The van der Waals surface area contributed by atoms with E-state index in [2.05, 4.69) is 62.0 Å². The van der Waals surface area contributed by atoms with E-state index >= 15 is 0 Å². The minimum Gasteiger partial charge on any atom is -0.351 e. The number of hydrogen-bond donors (Lipinski definition) is 1. The van der Waals surface area contributed by atoms with E-state index in [1.807, 2.05) is 6.07 Å².